The standard InChI is InChI=1S/C5H4N4O2S/c10-12(11)5-6-1-3-4(9-5)8-2-7-3/h1-2H,(H,10,11)(H,6,7,8,9)/p-1. The van der Waals surface area contributed by atoms with Crippen LogP contribution in [0.15, 0.2) is 17.7 Å². The fourth-order valence-corrected chi connectivity index (χ4v) is 1.10. The topological polar surface area (TPSA) is 94.6 Å². The number of nitrogens with zero attached hydrogens (tertiary/aromatic N) is 3. The van der Waals surface area contributed by atoms with Crippen molar-refractivity contribution >= 4 is 22.2 Å². The molecule has 2 aromatic heterocycles. The molecule has 0 radical (unpaired) electrons. The van der Waals surface area contributed by atoms with Crippen molar-refractivity contribution in [3.63, 3.8) is 0 Å². The van der Waals surface area contributed by atoms with Gasteiger partial charge in [-0.2, -0.15) is 4.98 Å². The van der Waals surface area contributed by atoms with Gasteiger partial charge in [-0.15, -0.1) is 0 Å². The Bertz CT molecular complexity index is 440. The fourth-order valence-electron chi connectivity index (χ4n) is 0.801. The predicted octanol–water partition coefficient (Wildman–Crippen LogP) is -0.409. The van der Waals surface area contributed by atoms with Gasteiger partial charge in [-0.25, -0.2) is 9.97 Å². The van der Waals surface area contributed by atoms with Crippen LogP contribution in [0.25, 0.3) is 11.2 Å². The van der Waals surface area contributed by atoms with E-state index in [1.165, 1.54) is 12.5 Å². The molecule has 0 saturated heterocycles. The predicted molar refractivity (Wildman–Crippen MR) is 38.9 cm³/mol. The first-order valence-electron chi connectivity index (χ1n) is 3.03. The highest BCUT2D eigenvalue weighted by Crippen LogP contribution is 2.05. The van der Waals surface area contributed by atoms with Crippen molar-refractivity contribution in [2.45, 2.75) is 5.16 Å². The SMILES string of the molecule is O=S([O-])c1ncc2[nH]cnc2n1. The van der Waals surface area contributed by atoms with Crippen LogP contribution in [0.3, 0.4) is 0 Å². The van der Waals surface area contributed by atoms with Crippen molar-refractivity contribution in [1.29, 1.82) is 0 Å². The summed E-state index contributed by atoms with van der Waals surface area (Å²) in [6.07, 6.45) is 2.80. The van der Waals surface area contributed by atoms with E-state index in [1.807, 2.05) is 0 Å². The summed E-state index contributed by atoms with van der Waals surface area (Å²) < 4.78 is 20.8. The van der Waals surface area contributed by atoms with E-state index in [4.69, 9.17) is 0 Å². The molecule has 0 bridgehead atoms. The van der Waals surface area contributed by atoms with E-state index in [0.29, 0.717) is 11.2 Å². The maximum absolute atomic E-state index is 10.4. The van der Waals surface area contributed by atoms with Gasteiger partial charge in [-0.1, -0.05) is 0 Å². The number of fused-ring (bicyclic) bond motifs is 1. The summed E-state index contributed by atoms with van der Waals surface area (Å²) in [7, 11) is 0. The summed E-state index contributed by atoms with van der Waals surface area (Å²) in [6, 6.07) is 0. The number of H-pyrrole nitrogens is 1. The Labute approximate surface area is 69.4 Å². The normalized spacial score (nSPS) is 13.4. The van der Waals surface area contributed by atoms with Crippen LogP contribution in [0.5, 0.6) is 0 Å². The Morgan fingerprint density at radius 1 is 1.50 bits per heavy atom. The molecule has 7 heteroatoms. The Balaban J connectivity index is 2.68. The highest BCUT2D eigenvalue weighted by atomic mass is 32.2. The molecule has 2 aromatic rings. The summed E-state index contributed by atoms with van der Waals surface area (Å²) in [5.41, 5.74) is 0.966. The van der Waals surface area contributed by atoms with Gasteiger partial charge in [0.15, 0.2) is 5.65 Å². The van der Waals surface area contributed by atoms with Gasteiger partial charge in [-0.3, -0.25) is 4.21 Å². The lowest BCUT2D eigenvalue weighted by molar-refractivity contribution is 0.529. The van der Waals surface area contributed by atoms with Crippen LogP contribution in [0.4, 0.5) is 0 Å². The number of rotatable bonds is 1. The van der Waals surface area contributed by atoms with Crippen LogP contribution in [0, 0.1) is 0 Å². The molecule has 2 rings (SSSR count). The van der Waals surface area contributed by atoms with Crippen molar-refractivity contribution in [3.8, 4) is 0 Å². The minimum atomic E-state index is -2.40. The number of aromatic amines is 1. The maximum atomic E-state index is 10.4. The summed E-state index contributed by atoms with van der Waals surface area (Å²) in [5.74, 6) is 0. The van der Waals surface area contributed by atoms with Crippen molar-refractivity contribution in [2.24, 2.45) is 0 Å². The van der Waals surface area contributed by atoms with Crippen molar-refractivity contribution in [3.05, 3.63) is 12.5 Å². The van der Waals surface area contributed by atoms with Gasteiger partial charge in [0.2, 0.25) is 5.16 Å². The van der Waals surface area contributed by atoms with Crippen LogP contribution in [0.1, 0.15) is 0 Å². The third-order valence-corrected chi connectivity index (χ3v) is 1.80. The summed E-state index contributed by atoms with van der Waals surface area (Å²) >= 11 is -2.40. The van der Waals surface area contributed by atoms with Crippen LogP contribution in [-0.2, 0) is 11.1 Å². The monoisotopic (exact) mass is 183 g/mol. The molecule has 0 fully saturated rings. The van der Waals surface area contributed by atoms with Gasteiger partial charge < -0.3 is 9.54 Å². The molecule has 0 amide bonds. The lowest BCUT2D eigenvalue weighted by Crippen LogP contribution is -1.97. The Hall–Kier alpha value is -1.34. The van der Waals surface area contributed by atoms with E-state index in [2.05, 4.69) is 19.9 Å². The molecule has 1 N–H and O–H groups in total. The first kappa shape index (κ1) is 7.32. The van der Waals surface area contributed by atoms with Gasteiger partial charge in [-0.05, 0) is 0 Å². The minimum absolute atomic E-state index is 0.241. The molecule has 62 valence electrons. The van der Waals surface area contributed by atoms with E-state index in [1.54, 1.807) is 0 Å². The molecule has 0 spiro atoms. The third-order valence-electron chi connectivity index (χ3n) is 1.30. The van der Waals surface area contributed by atoms with Crippen LogP contribution >= 0.6 is 0 Å². The van der Waals surface area contributed by atoms with E-state index in [0.717, 1.165) is 0 Å². The quantitative estimate of drug-likeness (QED) is 0.479. The van der Waals surface area contributed by atoms with E-state index < -0.39 is 11.1 Å². The van der Waals surface area contributed by atoms with Gasteiger partial charge in [0.05, 0.1) is 12.5 Å². The van der Waals surface area contributed by atoms with Crippen molar-refractivity contribution < 1.29 is 8.76 Å². The Morgan fingerprint density at radius 3 is 3.08 bits per heavy atom. The average Bonchev–Trinajstić information content (AvgIpc) is 2.49. The summed E-state index contributed by atoms with van der Waals surface area (Å²) in [6.45, 7) is 0. The zero-order valence-corrected chi connectivity index (χ0v) is 6.54. The van der Waals surface area contributed by atoms with Crippen LogP contribution < -0.4 is 0 Å². The van der Waals surface area contributed by atoms with E-state index >= 15 is 0 Å². The molecular weight excluding hydrogens is 180 g/mol. The number of hydrogen-bond donors (Lipinski definition) is 1. The molecule has 12 heavy (non-hydrogen) atoms. The molecule has 0 aliphatic carbocycles. The third kappa shape index (κ3) is 1.08. The Kier molecular flexibility index (Phi) is 1.59. The van der Waals surface area contributed by atoms with Gasteiger partial charge in [0.1, 0.15) is 5.52 Å². The zero-order valence-electron chi connectivity index (χ0n) is 5.72. The molecule has 6 nitrogen and oxygen atoms in total. The second-order valence-corrected chi connectivity index (χ2v) is 2.86. The molecule has 2 heterocycles. The lowest BCUT2D eigenvalue weighted by Gasteiger charge is -2.00. The van der Waals surface area contributed by atoms with Crippen LogP contribution in [-0.4, -0.2) is 28.7 Å². The molecule has 1 atom stereocenters. The Morgan fingerprint density at radius 2 is 2.33 bits per heavy atom. The van der Waals surface area contributed by atoms with Crippen LogP contribution in [0.2, 0.25) is 0 Å². The van der Waals surface area contributed by atoms with Gasteiger partial charge in [0.25, 0.3) is 0 Å². The molecule has 0 saturated carbocycles. The van der Waals surface area contributed by atoms with E-state index in [9.17, 15) is 8.76 Å². The molecule has 1 unspecified atom stereocenters. The maximum Gasteiger partial charge on any atom is 0.206 e. The highest BCUT2D eigenvalue weighted by molar-refractivity contribution is 7.78. The second kappa shape index (κ2) is 2.61. The summed E-state index contributed by atoms with van der Waals surface area (Å²) in [5, 5.41) is -0.241. The largest absolute Gasteiger partial charge is 0.766 e. The minimum Gasteiger partial charge on any atom is -0.766 e. The highest BCUT2D eigenvalue weighted by Gasteiger charge is 2.00. The second-order valence-electron chi connectivity index (χ2n) is 2.03. The fraction of sp³-hybridized carbons (Fsp3) is 0. The van der Waals surface area contributed by atoms with Crippen molar-refractivity contribution in [1.82, 2.24) is 19.9 Å². The molecule has 0 aliphatic rings. The smallest absolute Gasteiger partial charge is 0.206 e. The van der Waals surface area contributed by atoms with Gasteiger partial charge >= 0.3 is 0 Å². The average molecular weight is 183 g/mol. The van der Waals surface area contributed by atoms with E-state index in [-0.39, 0.29) is 5.16 Å². The van der Waals surface area contributed by atoms with Crippen molar-refractivity contribution in [2.75, 3.05) is 0 Å². The zero-order chi connectivity index (χ0) is 8.55. The first-order valence-corrected chi connectivity index (χ1v) is 4.10. The first-order chi connectivity index (χ1) is 5.77. The number of nitrogens with one attached hydrogen (secondary N) is 1. The summed E-state index contributed by atoms with van der Waals surface area (Å²) in [4.78, 5) is 13.8. The number of hydrogen-bond acceptors (Lipinski definition) is 5. The molecular formula is C5H3N4O2S-. The number of aromatic nitrogens is 4. The molecule has 0 aromatic carbocycles. The molecule has 0 aliphatic heterocycles. The number of imidazole rings is 1. The lowest BCUT2D eigenvalue weighted by atomic mass is 10.6. The van der Waals surface area contributed by atoms with Gasteiger partial charge in [0, 0.05) is 11.1 Å².